The molecule has 1 aromatic heterocycles. The van der Waals surface area contributed by atoms with Gasteiger partial charge in [0.15, 0.2) is 11.3 Å². The number of carbonyl (C=O) groups is 4. The van der Waals surface area contributed by atoms with E-state index in [1.807, 2.05) is 6.07 Å². The SMILES string of the molecule is COC(=O)Nc1ccc(-c2cc3c(C(=O)Nc4ccc(C#N)cc4C(=O)O)noc3cc2N(C)C(=O)OC)c(C)c1. The van der Waals surface area contributed by atoms with Gasteiger partial charge in [-0.05, 0) is 54.4 Å². The highest BCUT2D eigenvalue weighted by atomic mass is 16.5. The Morgan fingerprint density at radius 2 is 1.76 bits per heavy atom. The number of carboxylic acids is 1. The molecular formula is C28H23N5O8. The lowest BCUT2D eigenvalue weighted by atomic mass is 9.96. The number of amides is 3. The minimum absolute atomic E-state index is 0.0375. The van der Waals surface area contributed by atoms with Crippen LogP contribution in [0.4, 0.5) is 26.7 Å². The van der Waals surface area contributed by atoms with Gasteiger partial charge < -0.3 is 24.4 Å². The fraction of sp³-hybridized carbons (Fsp3) is 0.143. The smallest absolute Gasteiger partial charge is 0.413 e. The molecule has 4 aromatic rings. The Morgan fingerprint density at radius 1 is 1.00 bits per heavy atom. The molecular weight excluding hydrogens is 534 g/mol. The van der Waals surface area contributed by atoms with Crippen molar-refractivity contribution in [1.82, 2.24) is 5.16 Å². The number of nitrogens with one attached hydrogen (secondary N) is 2. The summed E-state index contributed by atoms with van der Waals surface area (Å²) in [7, 11) is 3.99. The average molecular weight is 558 g/mol. The number of carbonyl (C=O) groups excluding carboxylic acids is 3. The van der Waals surface area contributed by atoms with Crippen molar-refractivity contribution in [2.75, 3.05) is 36.8 Å². The van der Waals surface area contributed by atoms with Gasteiger partial charge in [-0.25, -0.2) is 14.4 Å². The van der Waals surface area contributed by atoms with E-state index in [1.54, 1.807) is 31.2 Å². The van der Waals surface area contributed by atoms with Crippen molar-refractivity contribution in [3.63, 3.8) is 0 Å². The van der Waals surface area contributed by atoms with Crippen molar-refractivity contribution in [2.45, 2.75) is 6.92 Å². The highest BCUT2D eigenvalue weighted by Crippen LogP contribution is 2.38. The van der Waals surface area contributed by atoms with Crippen LogP contribution in [0, 0.1) is 18.3 Å². The number of rotatable bonds is 6. The number of carboxylic acid groups (broad SMARTS) is 1. The van der Waals surface area contributed by atoms with Crippen molar-refractivity contribution in [3.8, 4) is 17.2 Å². The van der Waals surface area contributed by atoms with Crippen LogP contribution in [0.1, 0.15) is 32.0 Å². The summed E-state index contributed by atoms with van der Waals surface area (Å²) in [5, 5.41) is 27.9. The van der Waals surface area contributed by atoms with Crippen LogP contribution < -0.4 is 15.5 Å². The van der Waals surface area contributed by atoms with Gasteiger partial charge in [-0.2, -0.15) is 5.26 Å². The molecule has 0 spiro atoms. The molecule has 3 aromatic carbocycles. The van der Waals surface area contributed by atoms with Crippen LogP contribution in [0.5, 0.6) is 0 Å². The van der Waals surface area contributed by atoms with Crippen LogP contribution >= 0.6 is 0 Å². The number of benzene rings is 3. The molecule has 3 N–H and O–H groups in total. The van der Waals surface area contributed by atoms with Crippen LogP contribution in [0.3, 0.4) is 0 Å². The summed E-state index contributed by atoms with van der Waals surface area (Å²) in [6.45, 7) is 1.80. The molecule has 0 aliphatic heterocycles. The molecule has 13 heteroatoms. The summed E-state index contributed by atoms with van der Waals surface area (Å²) < 4.78 is 14.9. The summed E-state index contributed by atoms with van der Waals surface area (Å²) in [6, 6.07) is 13.9. The Hall–Kier alpha value is -5.90. The number of aryl methyl sites for hydroxylation is 1. The number of hydrogen-bond donors (Lipinski definition) is 3. The second kappa shape index (κ2) is 11.5. The zero-order valence-corrected chi connectivity index (χ0v) is 22.3. The zero-order chi connectivity index (χ0) is 29.8. The molecule has 0 fully saturated rings. The summed E-state index contributed by atoms with van der Waals surface area (Å²) in [4.78, 5) is 50.3. The van der Waals surface area contributed by atoms with Crippen molar-refractivity contribution >= 4 is 52.1 Å². The summed E-state index contributed by atoms with van der Waals surface area (Å²) in [5.41, 5.74) is 2.56. The van der Waals surface area contributed by atoms with Crippen molar-refractivity contribution in [1.29, 1.82) is 5.26 Å². The summed E-state index contributed by atoms with van der Waals surface area (Å²) in [6.07, 6.45) is -1.30. The highest BCUT2D eigenvalue weighted by molar-refractivity contribution is 6.14. The zero-order valence-electron chi connectivity index (χ0n) is 22.3. The maximum Gasteiger partial charge on any atom is 0.413 e. The first-order valence-electron chi connectivity index (χ1n) is 11.9. The molecule has 3 amide bonds. The van der Waals surface area contributed by atoms with Gasteiger partial charge in [-0.3, -0.25) is 15.0 Å². The number of anilines is 3. The standard InChI is InChI=1S/C28H23N5O8/c1-14-9-16(30-27(37)39-3)6-7-17(14)18-11-20-23(12-22(18)33(2)28(38)40-4)41-32-24(20)25(34)31-21-8-5-15(13-29)10-19(21)26(35)36/h5-12H,1-4H3,(H,30,37)(H,31,34)(H,35,36). The van der Waals surface area contributed by atoms with Gasteiger partial charge in [-0.1, -0.05) is 11.2 Å². The number of hydrogen-bond acceptors (Lipinski definition) is 9. The molecule has 0 atom stereocenters. The average Bonchev–Trinajstić information content (AvgIpc) is 3.38. The number of nitriles is 1. The second-order valence-corrected chi connectivity index (χ2v) is 8.70. The molecule has 4 rings (SSSR count). The van der Waals surface area contributed by atoms with Gasteiger partial charge in [0.25, 0.3) is 5.91 Å². The minimum atomic E-state index is -1.33. The lowest BCUT2D eigenvalue weighted by Crippen LogP contribution is -2.26. The van der Waals surface area contributed by atoms with Crippen LogP contribution in [0.2, 0.25) is 0 Å². The largest absolute Gasteiger partial charge is 0.478 e. The van der Waals surface area contributed by atoms with Gasteiger partial charge in [0.2, 0.25) is 0 Å². The predicted molar refractivity (Wildman–Crippen MR) is 147 cm³/mol. The molecule has 41 heavy (non-hydrogen) atoms. The molecule has 0 aliphatic carbocycles. The second-order valence-electron chi connectivity index (χ2n) is 8.70. The maximum atomic E-state index is 13.3. The molecule has 0 saturated heterocycles. The van der Waals surface area contributed by atoms with Gasteiger partial charge in [0.1, 0.15) is 0 Å². The Labute approximate surface area is 232 Å². The fourth-order valence-corrected chi connectivity index (χ4v) is 4.16. The maximum absolute atomic E-state index is 13.3. The number of nitrogens with zero attached hydrogens (tertiary/aromatic N) is 3. The van der Waals surface area contributed by atoms with E-state index in [9.17, 15) is 24.3 Å². The molecule has 0 aliphatic rings. The third kappa shape index (κ3) is 5.62. The Bertz CT molecular complexity index is 1750. The number of fused-ring (bicyclic) bond motifs is 1. The van der Waals surface area contributed by atoms with E-state index in [2.05, 4.69) is 20.5 Å². The van der Waals surface area contributed by atoms with Crippen molar-refractivity contribution in [3.05, 3.63) is 70.9 Å². The van der Waals surface area contributed by atoms with Crippen LogP contribution in [0.25, 0.3) is 22.1 Å². The lowest BCUT2D eigenvalue weighted by Gasteiger charge is -2.21. The van der Waals surface area contributed by atoms with Crippen LogP contribution in [0.15, 0.2) is 53.1 Å². The Kier molecular flexibility index (Phi) is 7.86. The number of aromatic carboxylic acids is 1. The minimum Gasteiger partial charge on any atom is -0.478 e. The van der Waals surface area contributed by atoms with Crippen molar-refractivity contribution in [2.24, 2.45) is 0 Å². The molecule has 1 heterocycles. The summed E-state index contributed by atoms with van der Waals surface area (Å²) in [5.74, 6) is -2.09. The number of ether oxygens (including phenoxy) is 2. The first-order chi connectivity index (χ1) is 19.6. The highest BCUT2D eigenvalue weighted by Gasteiger charge is 2.24. The van der Waals surface area contributed by atoms with E-state index in [0.29, 0.717) is 28.1 Å². The Balaban J connectivity index is 1.83. The lowest BCUT2D eigenvalue weighted by molar-refractivity contribution is 0.0698. The van der Waals surface area contributed by atoms with Gasteiger partial charge in [0, 0.05) is 24.4 Å². The van der Waals surface area contributed by atoms with E-state index in [-0.39, 0.29) is 33.5 Å². The van der Waals surface area contributed by atoms with E-state index < -0.39 is 24.1 Å². The van der Waals surface area contributed by atoms with E-state index in [4.69, 9.17) is 14.5 Å². The molecule has 0 saturated carbocycles. The number of methoxy groups -OCH3 is 2. The van der Waals surface area contributed by atoms with Gasteiger partial charge in [-0.15, -0.1) is 0 Å². The number of aromatic nitrogens is 1. The molecule has 0 bridgehead atoms. The first kappa shape index (κ1) is 28.1. The van der Waals surface area contributed by atoms with Crippen LogP contribution in [-0.2, 0) is 9.47 Å². The normalized spacial score (nSPS) is 10.4. The third-order valence-corrected chi connectivity index (χ3v) is 6.19. The molecule has 208 valence electrons. The third-order valence-electron chi connectivity index (χ3n) is 6.19. The fourth-order valence-electron chi connectivity index (χ4n) is 4.16. The Morgan fingerprint density at radius 3 is 2.39 bits per heavy atom. The monoisotopic (exact) mass is 557 g/mol. The predicted octanol–water partition coefficient (Wildman–Crippen LogP) is 5.01. The van der Waals surface area contributed by atoms with E-state index in [1.165, 1.54) is 44.4 Å². The summed E-state index contributed by atoms with van der Waals surface area (Å²) >= 11 is 0. The quantitative estimate of drug-likeness (QED) is 0.291. The molecule has 0 radical (unpaired) electrons. The molecule has 0 unspecified atom stereocenters. The topological polar surface area (TPSA) is 184 Å². The van der Waals surface area contributed by atoms with Gasteiger partial charge in [0.05, 0.1) is 48.2 Å². The molecule has 13 nitrogen and oxygen atoms in total. The van der Waals surface area contributed by atoms with Crippen molar-refractivity contribution < 1.29 is 38.3 Å². The first-order valence-corrected chi connectivity index (χ1v) is 11.9. The van der Waals surface area contributed by atoms with E-state index in [0.717, 1.165) is 6.07 Å². The van der Waals surface area contributed by atoms with Gasteiger partial charge >= 0.3 is 18.2 Å². The van der Waals surface area contributed by atoms with E-state index >= 15 is 0 Å². The van der Waals surface area contributed by atoms with Crippen LogP contribution in [-0.4, -0.2) is 55.6 Å².